The van der Waals surface area contributed by atoms with Crippen LogP contribution in [0.5, 0.6) is 5.88 Å². The fraction of sp³-hybridized carbons (Fsp3) is 0.273. The number of anilines is 1. The van der Waals surface area contributed by atoms with Gasteiger partial charge in [0.25, 0.3) is 11.5 Å². The van der Waals surface area contributed by atoms with E-state index in [1.165, 1.54) is 12.4 Å². The number of rotatable bonds is 7. The van der Waals surface area contributed by atoms with E-state index in [9.17, 15) is 9.59 Å². The second kappa shape index (κ2) is 8.96. The monoisotopic (exact) mass is 433 g/mol. The lowest BCUT2D eigenvalue weighted by atomic mass is 10.2. The average molecular weight is 433 g/mol. The first-order valence-electron chi connectivity index (χ1n) is 10.3. The van der Waals surface area contributed by atoms with Gasteiger partial charge in [-0.2, -0.15) is 5.10 Å². The Morgan fingerprint density at radius 3 is 2.81 bits per heavy atom. The first-order valence-corrected chi connectivity index (χ1v) is 10.3. The van der Waals surface area contributed by atoms with Crippen LogP contribution in [-0.4, -0.2) is 42.2 Å². The summed E-state index contributed by atoms with van der Waals surface area (Å²) in [6.45, 7) is 4.27. The van der Waals surface area contributed by atoms with E-state index in [4.69, 9.17) is 4.74 Å². The molecule has 32 heavy (non-hydrogen) atoms. The maximum absolute atomic E-state index is 12.8. The summed E-state index contributed by atoms with van der Waals surface area (Å²) in [5.41, 5.74) is 2.65. The lowest BCUT2D eigenvalue weighted by molar-refractivity contribution is 0.102. The SMILES string of the molecule is CCCc1c2nc(-c3cc(NC(=O)c4cccnc4)cnc3OCC)[nH]c(=O)c2nn1C. The molecule has 2 N–H and O–H groups in total. The lowest BCUT2D eigenvalue weighted by Crippen LogP contribution is -2.13. The Hall–Kier alpha value is -4.08. The minimum absolute atomic E-state index is 0.284. The van der Waals surface area contributed by atoms with Gasteiger partial charge in [-0.1, -0.05) is 13.3 Å². The molecule has 0 unspecified atom stereocenters. The van der Waals surface area contributed by atoms with Crippen molar-refractivity contribution in [2.75, 3.05) is 11.9 Å². The van der Waals surface area contributed by atoms with Gasteiger partial charge in [0.15, 0.2) is 5.52 Å². The molecule has 4 rings (SSSR count). The first-order chi connectivity index (χ1) is 15.5. The Labute approximate surface area is 183 Å². The Bertz CT molecular complexity index is 1330. The molecule has 0 radical (unpaired) electrons. The molecule has 1 amide bonds. The van der Waals surface area contributed by atoms with Crippen LogP contribution in [0.15, 0.2) is 41.6 Å². The lowest BCUT2D eigenvalue weighted by Gasteiger charge is -2.11. The molecule has 0 saturated carbocycles. The van der Waals surface area contributed by atoms with Crippen LogP contribution in [0, 0.1) is 0 Å². The fourth-order valence-corrected chi connectivity index (χ4v) is 3.41. The summed E-state index contributed by atoms with van der Waals surface area (Å²) < 4.78 is 7.34. The number of aryl methyl sites for hydroxylation is 2. The first kappa shape index (κ1) is 21.2. The van der Waals surface area contributed by atoms with E-state index in [1.54, 1.807) is 36.1 Å². The molecule has 4 aromatic heterocycles. The van der Waals surface area contributed by atoms with E-state index < -0.39 is 0 Å². The molecule has 164 valence electrons. The van der Waals surface area contributed by atoms with Gasteiger partial charge in [0.1, 0.15) is 11.3 Å². The Kier molecular flexibility index (Phi) is 5.93. The van der Waals surface area contributed by atoms with Crippen LogP contribution in [-0.2, 0) is 13.5 Å². The van der Waals surface area contributed by atoms with Crippen molar-refractivity contribution in [3.05, 3.63) is 58.4 Å². The van der Waals surface area contributed by atoms with Gasteiger partial charge in [-0.15, -0.1) is 0 Å². The summed E-state index contributed by atoms with van der Waals surface area (Å²) in [6.07, 6.45) is 6.19. The van der Waals surface area contributed by atoms with Gasteiger partial charge in [-0.05, 0) is 31.5 Å². The second-order valence-corrected chi connectivity index (χ2v) is 7.14. The zero-order valence-corrected chi connectivity index (χ0v) is 18.0. The minimum atomic E-state index is -0.352. The van der Waals surface area contributed by atoms with E-state index in [2.05, 4.69) is 37.3 Å². The highest BCUT2D eigenvalue weighted by atomic mass is 16.5. The van der Waals surface area contributed by atoms with Gasteiger partial charge in [-0.25, -0.2) is 9.97 Å². The standard InChI is InChI=1S/C22H23N7O3/c1-4-7-16-17-18(28-29(16)3)21(31)27-19(26-17)15-10-14(12-24-22(15)32-5-2)25-20(30)13-8-6-9-23-11-13/h6,8-12H,4-5,7H2,1-3H3,(H,25,30)(H,26,27,31). The summed E-state index contributed by atoms with van der Waals surface area (Å²) in [5.74, 6) is 0.265. The van der Waals surface area contributed by atoms with Gasteiger partial charge < -0.3 is 15.0 Å². The average Bonchev–Trinajstić information content (AvgIpc) is 3.11. The highest BCUT2D eigenvalue weighted by molar-refractivity contribution is 6.04. The second-order valence-electron chi connectivity index (χ2n) is 7.14. The maximum Gasteiger partial charge on any atom is 0.279 e. The van der Waals surface area contributed by atoms with Crippen LogP contribution < -0.4 is 15.6 Å². The van der Waals surface area contributed by atoms with Crippen molar-refractivity contribution in [3.63, 3.8) is 0 Å². The number of pyridine rings is 2. The molecule has 0 atom stereocenters. The zero-order chi connectivity index (χ0) is 22.7. The van der Waals surface area contributed by atoms with Crippen molar-refractivity contribution < 1.29 is 9.53 Å². The van der Waals surface area contributed by atoms with E-state index in [0.717, 1.165) is 18.5 Å². The topological polar surface area (TPSA) is 128 Å². The minimum Gasteiger partial charge on any atom is -0.477 e. The largest absolute Gasteiger partial charge is 0.477 e. The van der Waals surface area contributed by atoms with E-state index >= 15 is 0 Å². The number of hydrogen-bond acceptors (Lipinski definition) is 7. The summed E-state index contributed by atoms with van der Waals surface area (Å²) in [6, 6.07) is 5.02. The fourth-order valence-electron chi connectivity index (χ4n) is 3.41. The number of aromatic amines is 1. The molecule has 0 bridgehead atoms. The summed E-state index contributed by atoms with van der Waals surface area (Å²) in [4.78, 5) is 41.0. The van der Waals surface area contributed by atoms with E-state index in [1.807, 2.05) is 6.92 Å². The molecule has 0 fully saturated rings. The number of carbonyl (C=O) groups is 1. The van der Waals surface area contributed by atoms with Gasteiger partial charge in [0.05, 0.1) is 35.3 Å². The van der Waals surface area contributed by atoms with Crippen molar-refractivity contribution in [1.82, 2.24) is 29.7 Å². The number of carbonyl (C=O) groups excluding carboxylic acids is 1. The molecule has 0 aromatic carbocycles. The van der Waals surface area contributed by atoms with Crippen LogP contribution in [0.4, 0.5) is 5.69 Å². The number of hydrogen-bond donors (Lipinski definition) is 2. The van der Waals surface area contributed by atoms with Crippen molar-refractivity contribution in [2.45, 2.75) is 26.7 Å². The predicted octanol–water partition coefficient (Wildman–Crippen LogP) is 2.72. The smallest absolute Gasteiger partial charge is 0.279 e. The molecular weight excluding hydrogens is 410 g/mol. The number of amides is 1. The normalized spacial score (nSPS) is 11.0. The molecule has 0 saturated heterocycles. The predicted molar refractivity (Wildman–Crippen MR) is 120 cm³/mol. The van der Waals surface area contributed by atoms with Crippen molar-refractivity contribution in [2.24, 2.45) is 7.05 Å². The molecule has 4 heterocycles. The van der Waals surface area contributed by atoms with Crippen molar-refractivity contribution in [3.8, 4) is 17.3 Å². The Morgan fingerprint density at radius 2 is 2.09 bits per heavy atom. The quantitative estimate of drug-likeness (QED) is 0.459. The summed E-state index contributed by atoms with van der Waals surface area (Å²) >= 11 is 0. The van der Waals surface area contributed by atoms with Crippen molar-refractivity contribution >= 4 is 22.6 Å². The number of ether oxygens (including phenoxy) is 1. The molecule has 4 aromatic rings. The summed E-state index contributed by atoms with van der Waals surface area (Å²) in [7, 11) is 1.80. The van der Waals surface area contributed by atoms with Crippen LogP contribution in [0.1, 0.15) is 36.3 Å². The Balaban J connectivity index is 1.80. The molecule has 0 spiro atoms. The van der Waals surface area contributed by atoms with Gasteiger partial charge in [0, 0.05) is 19.4 Å². The van der Waals surface area contributed by atoms with Gasteiger partial charge >= 0.3 is 0 Å². The Morgan fingerprint density at radius 1 is 1.25 bits per heavy atom. The number of nitrogens with zero attached hydrogens (tertiary/aromatic N) is 5. The van der Waals surface area contributed by atoms with E-state index in [-0.39, 0.29) is 17.0 Å². The van der Waals surface area contributed by atoms with Gasteiger partial charge in [-0.3, -0.25) is 19.3 Å². The molecule has 0 aliphatic rings. The van der Waals surface area contributed by atoms with Gasteiger partial charge in [0.2, 0.25) is 5.88 Å². The van der Waals surface area contributed by atoms with Crippen LogP contribution in [0.3, 0.4) is 0 Å². The highest BCUT2D eigenvalue weighted by Crippen LogP contribution is 2.29. The molecular formula is C22H23N7O3. The molecule has 0 aliphatic heterocycles. The summed E-state index contributed by atoms with van der Waals surface area (Å²) in [5, 5.41) is 7.11. The molecule has 10 heteroatoms. The highest BCUT2D eigenvalue weighted by Gasteiger charge is 2.19. The third-order valence-electron chi connectivity index (χ3n) is 4.86. The van der Waals surface area contributed by atoms with Crippen molar-refractivity contribution in [1.29, 1.82) is 0 Å². The van der Waals surface area contributed by atoms with Crippen LogP contribution >= 0.6 is 0 Å². The van der Waals surface area contributed by atoms with Crippen LogP contribution in [0.2, 0.25) is 0 Å². The third kappa shape index (κ3) is 4.07. The molecule has 0 aliphatic carbocycles. The maximum atomic E-state index is 12.8. The molecule has 10 nitrogen and oxygen atoms in total. The zero-order valence-electron chi connectivity index (χ0n) is 18.0. The number of fused-ring (bicyclic) bond motifs is 1. The number of H-pyrrole nitrogens is 1. The van der Waals surface area contributed by atoms with Crippen LogP contribution in [0.25, 0.3) is 22.4 Å². The van der Waals surface area contributed by atoms with E-state index in [0.29, 0.717) is 40.6 Å². The number of nitrogens with one attached hydrogen (secondary N) is 2. The third-order valence-corrected chi connectivity index (χ3v) is 4.86. The number of aromatic nitrogens is 6.